The number of halogens is 1. The minimum atomic E-state index is -1.37. The summed E-state index contributed by atoms with van der Waals surface area (Å²) in [6, 6.07) is 13.7. The molecule has 0 saturated heterocycles. The Hall–Kier alpha value is -1.30. The fourth-order valence-corrected chi connectivity index (χ4v) is 5.20. The van der Waals surface area contributed by atoms with Gasteiger partial charge >= 0.3 is 0 Å². The third kappa shape index (κ3) is 3.57. The first-order valence-electron chi connectivity index (χ1n) is 9.79. The molecule has 1 aliphatic rings. The molecule has 0 aromatic heterocycles. The van der Waals surface area contributed by atoms with Gasteiger partial charge in [0.1, 0.15) is 8.07 Å². The fraction of sp³-hybridized carbons (Fsp3) is 0.417. The zero-order valence-corrected chi connectivity index (χ0v) is 19.3. The van der Waals surface area contributed by atoms with Gasteiger partial charge in [-0.05, 0) is 59.4 Å². The molecule has 26 heavy (non-hydrogen) atoms. The van der Waals surface area contributed by atoms with Crippen molar-refractivity contribution in [2.24, 2.45) is 0 Å². The Morgan fingerprint density at radius 1 is 0.885 bits per heavy atom. The number of benzene rings is 2. The molecule has 1 aliphatic carbocycles. The Balaban J connectivity index is 2.22. The van der Waals surface area contributed by atoms with Gasteiger partial charge in [-0.2, -0.15) is 0 Å². The van der Waals surface area contributed by atoms with E-state index in [1.165, 1.54) is 58.0 Å². The predicted octanol–water partition coefficient (Wildman–Crippen LogP) is 7.54. The number of hydrogen-bond donors (Lipinski definition) is 0. The first-order valence-corrected chi connectivity index (χ1v) is 14.1. The van der Waals surface area contributed by atoms with Crippen LogP contribution in [0.15, 0.2) is 40.9 Å². The third-order valence-electron chi connectivity index (χ3n) is 5.26. The lowest BCUT2D eigenvalue weighted by molar-refractivity contribution is 0.435. The quantitative estimate of drug-likeness (QED) is 0.351. The van der Waals surface area contributed by atoms with E-state index in [0.29, 0.717) is 0 Å². The summed E-state index contributed by atoms with van der Waals surface area (Å²) in [6.45, 7) is 11.5. The van der Waals surface area contributed by atoms with Crippen LogP contribution in [0.1, 0.15) is 56.2 Å². The fourth-order valence-electron chi connectivity index (χ4n) is 4.32. The highest BCUT2D eigenvalue weighted by Gasteiger charge is 2.41. The monoisotopic (exact) mass is 424 g/mol. The van der Waals surface area contributed by atoms with Gasteiger partial charge in [0, 0.05) is 15.5 Å². The predicted molar refractivity (Wildman–Crippen MR) is 120 cm³/mol. The molecule has 3 rings (SSSR count). The number of fused-ring (bicyclic) bond motifs is 3. The van der Waals surface area contributed by atoms with Crippen LogP contribution in [0.25, 0.3) is 11.1 Å². The van der Waals surface area contributed by atoms with E-state index in [-0.39, 0.29) is 5.41 Å². The van der Waals surface area contributed by atoms with Gasteiger partial charge < -0.3 is 0 Å². The normalized spacial score (nSPS) is 14.4. The van der Waals surface area contributed by atoms with E-state index in [1.54, 1.807) is 0 Å². The smallest absolute Gasteiger partial charge is 0.127 e. The van der Waals surface area contributed by atoms with E-state index in [9.17, 15) is 0 Å². The molecule has 0 atom stereocenters. The van der Waals surface area contributed by atoms with Crippen LogP contribution in [0.4, 0.5) is 0 Å². The van der Waals surface area contributed by atoms with Crippen molar-refractivity contribution in [2.75, 3.05) is 0 Å². The van der Waals surface area contributed by atoms with Crippen molar-refractivity contribution in [1.29, 1.82) is 0 Å². The summed E-state index contributed by atoms with van der Waals surface area (Å²) in [5.41, 5.74) is 10.7. The van der Waals surface area contributed by atoms with E-state index < -0.39 is 8.07 Å². The highest BCUT2D eigenvalue weighted by atomic mass is 79.9. The van der Waals surface area contributed by atoms with Crippen LogP contribution in [0.3, 0.4) is 0 Å². The molecular weight excluding hydrogens is 396 g/mol. The van der Waals surface area contributed by atoms with Crippen molar-refractivity contribution < 1.29 is 0 Å². The van der Waals surface area contributed by atoms with Gasteiger partial charge in [-0.3, -0.25) is 0 Å². The van der Waals surface area contributed by atoms with Gasteiger partial charge in [0.25, 0.3) is 0 Å². The third-order valence-corrected chi connectivity index (χ3v) is 6.63. The van der Waals surface area contributed by atoms with Crippen LogP contribution in [0.5, 0.6) is 0 Å². The van der Waals surface area contributed by atoms with E-state index in [4.69, 9.17) is 0 Å². The molecule has 2 heteroatoms. The molecule has 0 bridgehead atoms. The molecule has 0 radical (unpaired) electrons. The molecule has 2 aromatic rings. The summed E-state index contributed by atoms with van der Waals surface area (Å²) in [5.74, 6) is 3.48. The Labute approximate surface area is 168 Å². The summed E-state index contributed by atoms with van der Waals surface area (Å²) in [7, 11) is -1.37. The maximum Gasteiger partial charge on any atom is 0.129 e. The molecular formula is C24H29BrSi. The van der Waals surface area contributed by atoms with E-state index in [1.807, 2.05) is 0 Å². The lowest BCUT2D eigenvalue weighted by Crippen LogP contribution is -2.25. The summed E-state index contributed by atoms with van der Waals surface area (Å²) in [5, 5.41) is 0. The second kappa shape index (κ2) is 7.37. The second-order valence-electron chi connectivity index (χ2n) is 8.53. The average Bonchev–Trinajstić information content (AvgIpc) is 2.83. The second-order valence-corrected chi connectivity index (χ2v) is 14.2. The molecule has 0 spiro atoms. The van der Waals surface area contributed by atoms with Crippen LogP contribution in [-0.2, 0) is 5.41 Å². The molecule has 136 valence electrons. The van der Waals surface area contributed by atoms with Gasteiger partial charge in [-0.1, -0.05) is 80.3 Å². The first-order chi connectivity index (χ1) is 12.3. The summed E-state index contributed by atoms with van der Waals surface area (Å²) < 4.78 is 1.18. The Morgan fingerprint density at radius 2 is 1.46 bits per heavy atom. The van der Waals surface area contributed by atoms with Crippen molar-refractivity contribution >= 4 is 24.0 Å². The van der Waals surface area contributed by atoms with E-state index in [0.717, 1.165) is 0 Å². The topological polar surface area (TPSA) is 0 Å². The van der Waals surface area contributed by atoms with Crippen LogP contribution in [0.2, 0.25) is 19.6 Å². The molecule has 0 unspecified atom stereocenters. The molecule has 0 fully saturated rings. The molecule has 0 nitrogen and oxygen atoms in total. The standard InChI is InChI=1S/C24H29BrSi/c1-6-13-24(14-7-2)22-16-18(12-15-26(3,4)5)8-10-20(22)21-11-9-19(25)17-23(21)24/h8-11,16-17H,6-7,13-14H2,1-5H3. The molecule has 0 aliphatic heterocycles. The number of hydrogen-bond acceptors (Lipinski definition) is 0. The molecule has 0 heterocycles. The van der Waals surface area contributed by atoms with Crippen molar-refractivity contribution in [1.82, 2.24) is 0 Å². The Bertz CT molecular complexity index is 871. The van der Waals surface area contributed by atoms with Gasteiger partial charge in [0.05, 0.1) is 0 Å². The Morgan fingerprint density at radius 3 is 2.04 bits per heavy atom. The lowest BCUT2D eigenvalue weighted by Gasteiger charge is -2.32. The van der Waals surface area contributed by atoms with E-state index in [2.05, 4.69) is 97.3 Å². The van der Waals surface area contributed by atoms with Crippen LogP contribution in [0, 0.1) is 11.5 Å². The van der Waals surface area contributed by atoms with Gasteiger partial charge in [0.15, 0.2) is 0 Å². The highest BCUT2D eigenvalue weighted by molar-refractivity contribution is 9.10. The molecule has 0 amide bonds. The molecule has 2 aromatic carbocycles. The highest BCUT2D eigenvalue weighted by Crippen LogP contribution is 2.54. The summed E-state index contributed by atoms with van der Waals surface area (Å²) in [4.78, 5) is 0. The largest absolute Gasteiger partial charge is 0.129 e. The van der Waals surface area contributed by atoms with Gasteiger partial charge in [0.2, 0.25) is 0 Å². The van der Waals surface area contributed by atoms with Gasteiger partial charge in [-0.25, -0.2) is 0 Å². The Kier molecular flexibility index (Phi) is 5.52. The zero-order chi connectivity index (χ0) is 18.9. The minimum absolute atomic E-state index is 0.134. The van der Waals surface area contributed by atoms with Crippen LogP contribution >= 0.6 is 15.9 Å². The van der Waals surface area contributed by atoms with Crippen LogP contribution < -0.4 is 0 Å². The average molecular weight is 425 g/mol. The van der Waals surface area contributed by atoms with Crippen molar-refractivity contribution in [2.45, 2.75) is 64.6 Å². The van der Waals surface area contributed by atoms with Crippen LogP contribution in [-0.4, -0.2) is 8.07 Å². The number of rotatable bonds is 4. The maximum atomic E-state index is 3.71. The summed E-state index contributed by atoms with van der Waals surface area (Å²) in [6.07, 6.45) is 4.77. The molecule has 0 saturated carbocycles. The zero-order valence-electron chi connectivity index (χ0n) is 16.7. The minimum Gasteiger partial charge on any atom is -0.127 e. The maximum absolute atomic E-state index is 3.71. The SMILES string of the molecule is CCCC1(CCC)c2cc(Br)ccc2-c2ccc(C#C[Si](C)(C)C)cc21. The van der Waals surface area contributed by atoms with Crippen molar-refractivity contribution in [3.05, 3.63) is 57.6 Å². The van der Waals surface area contributed by atoms with Gasteiger partial charge in [-0.15, -0.1) is 5.54 Å². The van der Waals surface area contributed by atoms with Crippen molar-refractivity contribution in [3.8, 4) is 22.6 Å². The van der Waals surface area contributed by atoms with E-state index >= 15 is 0 Å². The first kappa shape index (κ1) is 19.5. The van der Waals surface area contributed by atoms with Crippen molar-refractivity contribution in [3.63, 3.8) is 0 Å². The molecule has 0 N–H and O–H groups in total. The lowest BCUT2D eigenvalue weighted by atomic mass is 9.71. The summed E-state index contributed by atoms with van der Waals surface area (Å²) >= 11 is 3.71.